The number of likely N-dealkylation sites (tertiary alicyclic amines) is 1. The van der Waals surface area contributed by atoms with Crippen molar-refractivity contribution in [1.82, 2.24) is 9.88 Å². The Morgan fingerprint density at radius 2 is 1.85 bits per heavy atom. The number of para-hydroxylation sites is 1. The van der Waals surface area contributed by atoms with E-state index >= 15 is 0 Å². The van der Waals surface area contributed by atoms with E-state index in [1.54, 1.807) is 24.3 Å². The number of hydrogen-bond donors (Lipinski definition) is 0. The number of ether oxygens (including phenoxy) is 2. The molecule has 8 heteroatoms. The normalized spacial score (nSPS) is 18.9. The molecule has 1 unspecified atom stereocenters. The van der Waals surface area contributed by atoms with Crippen LogP contribution in [0.4, 0.5) is 8.78 Å². The second kappa shape index (κ2) is 21.2. The zero-order chi connectivity index (χ0) is 29.8. The number of benzene rings is 1. The van der Waals surface area contributed by atoms with Gasteiger partial charge < -0.3 is 9.47 Å². The number of hydrogen-bond acceptors (Lipinski definition) is 5. The van der Waals surface area contributed by atoms with Crippen LogP contribution in [0.5, 0.6) is 5.75 Å². The molecule has 1 aromatic heterocycles. The van der Waals surface area contributed by atoms with E-state index < -0.39 is 6.61 Å². The fourth-order valence-electron chi connectivity index (χ4n) is 4.10. The predicted molar refractivity (Wildman–Crippen MR) is 168 cm³/mol. The third-order valence-corrected chi connectivity index (χ3v) is 6.47. The van der Waals surface area contributed by atoms with Crippen LogP contribution in [0.15, 0.2) is 30.5 Å². The summed E-state index contributed by atoms with van der Waals surface area (Å²) in [7, 11) is 0. The van der Waals surface area contributed by atoms with Crippen LogP contribution in [0.1, 0.15) is 86.5 Å². The zero-order valence-electron chi connectivity index (χ0n) is 26.1. The molecule has 2 atom stereocenters. The molecule has 0 radical (unpaired) electrons. The molecule has 1 aliphatic rings. The standard InChI is InChI=1S/C22H30F2N2O2S.C4H10.C3H7B.C2H6/c1-4-5-10-27-22(3)11-16(2)13-26(15-22)14-17-12-25-20(29-17)18-8-6-7-9-19(18)28-21(23)24;1-4(2)3;1-3-4-2;1-2/h6-9,12,16,21H,4-5,10-11,13-15H2,1-3H3;4H,1-3H3;3H,1-2H3;1-2H3/t16?,22-;;;/m0.../s1. The first-order valence-electron chi connectivity index (χ1n) is 14.5. The maximum absolute atomic E-state index is 12.7. The molecule has 0 spiro atoms. The van der Waals surface area contributed by atoms with Crippen LogP contribution in [-0.4, -0.2) is 54.7 Å². The summed E-state index contributed by atoms with van der Waals surface area (Å²) in [5, 5.41) is 0.697. The van der Waals surface area contributed by atoms with Crippen LogP contribution in [0.3, 0.4) is 0 Å². The third-order valence-electron chi connectivity index (χ3n) is 5.46. The van der Waals surface area contributed by atoms with Crippen molar-refractivity contribution in [3.63, 3.8) is 0 Å². The smallest absolute Gasteiger partial charge is 0.387 e. The molecular formula is C31H53BF2N2O2S. The van der Waals surface area contributed by atoms with Crippen molar-refractivity contribution in [3.8, 4) is 16.3 Å². The van der Waals surface area contributed by atoms with Crippen LogP contribution in [0.25, 0.3) is 10.6 Å². The van der Waals surface area contributed by atoms with Gasteiger partial charge in [0.2, 0.25) is 0 Å². The summed E-state index contributed by atoms with van der Waals surface area (Å²) >= 11 is 1.53. The number of thiazole rings is 1. The van der Waals surface area contributed by atoms with Crippen LogP contribution in [-0.2, 0) is 11.3 Å². The first-order valence-corrected chi connectivity index (χ1v) is 15.3. The Balaban J connectivity index is 0.00000125. The van der Waals surface area contributed by atoms with Gasteiger partial charge in [0.25, 0.3) is 0 Å². The fourth-order valence-corrected chi connectivity index (χ4v) is 5.08. The summed E-state index contributed by atoms with van der Waals surface area (Å²) in [5.74, 6) is 3.55. The topological polar surface area (TPSA) is 34.6 Å². The summed E-state index contributed by atoms with van der Waals surface area (Å²) in [5.41, 5.74) is 0.474. The number of alkyl halides is 2. The van der Waals surface area contributed by atoms with Gasteiger partial charge in [-0.15, -0.1) is 11.3 Å². The Kier molecular flexibility index (Phi) is 20.3. The number of unbranched alkanes of at least 4 members (excludes halogenated alkanes) is 1. The largest absolute Gasteiger partial charge is 0.434 e. The maximum atomic E-state index is 12.7. The zero-order valence-corrected chi connectivity index (χ0v) is 26.9. The van der Waals surface area contributed by atoms with E-state index in [-0.39, 0.29) is 11.4 Å². The molecule has 4 nitrogen and oxygen atoms in total. The molecule has 3 rings (SSSR count). The molecule has 0 bridgehead atoms. The molecular weight excluding hydrogens is 513 g/mol. The van der Waals surface area contributed by atoms with Gasteiger partial charge in [-0.2, -0.15) is 8.78 Å². The minimum absolute atomic E-state index is 0.127. The molecule has 0 aliphatic carbocycles. The van der Waals surface area contributed by atoms with Crippen LogP contribution < -0.4 is 4.74 Å². The van der Waals surface area contributed by atoms with Gasteiger partial charge in [0, 0.05) is 37.3 Å². The first kappa shape index (κ1) is 37.4. The SMILES string of the molecule is CB=CC.CC.CC(C)C.CCCCO[C@@]1(C)CC(C)CN(Cc2cnc(-c3ccccc3OC(F)F)s2)C1. The summed E-state index contributed by atoms with van der Waals surface area (Å²) in [4.78, 5) is 8.00. The molecule has 0 N–H and O–H groups in total. The van der Waals surface area contributed by atoms with E-state index in [0.29, 0.717) is 16.5 Å². The van der Waals surface area contributed by atoms with Gasteiger partial charge >= 0.3 is 33.2 Å². The Bertz CT molecular complexity index is 903. The molecule has 0 amide bonds. The number of nitrogens with zero attached hydrogens (tertiary/aromatic N) is 2. The van der Waals surface area contributed by atoms with Crippen molar-refractivity contribution in [2.45, 2.75) is 107 Å². The second-order valence-electron chi connectivity index (χ2n) is 10.5. The van der Waals surface area contributed by atoms with Crippen molar-refractivity contribution < 1.29 is 18.3 Å². The first-order chi connectivity index (χ1) is 18.5. The predicted octanol–water partition coefficient (Wildman–Crippen LogP) is 9.08. The molecule has 1 aromatic carbocycles. The Morgan fingerprint density at radius 1 is 1.23 bits per heavy atom. The average Bonchev–Trinajstić information content (AvgIpc) is 3.32. The summed E-state index contributed by atoms with van der Waals surface area (Å²) in [6.45, 7) is 23.8. The average molecular weight is 567 g/mol. The molecule has 1 fully saturated rings. The van der Waals surface area contributed by atoms with Gasteiger partial charge in [0.05, 0.1) is 11.2 Å². The van der Waals surface area contributed by atoms with E-state index in [0.717, 1.165) is 56.3 Å². The van der Waals surface area contributed by atoms with Gasteiger partial charge in [-0.3, -0.25) is 4.90 Å². The summed E-state index contributed by atoms with van der Waals surface area (Å²) < 4.78 is 36.3. The van der Waals surface area contributed by atoms with Crippen molar-refractivity contribution >= 4 is 24.2 Å². The van der Waals surface area contributed by atoms with E-state index in [2.05, 4.69) is 56.2 Å². The van der Waals surface area contributed by atoms with Crippen molar-refractivity contribution in [2.75, 3.05) is 19.7 Å². The number of piperidine rings is 1. The van der Waals surface area contributed by atoms with E-state index in [1.165, 1.54) is 11.3 Å². The van der Waals surface area contributed by atoms with Gasteiger partial charge in [0.1, 0.15) is 10.8 Å². The second-order valence-corrected chi connectivity index (χ2v) is 11.7. The number of aromatic nitrogens is 1. The third kappa shape index (κ3) is 16.3. The van der Waals surface area contributed by atoms with Crippen molar-refractivity contribution in [2.24, 2.45) is 11.8 Å². The molecule has 2 aromatic rings. The van der Waals surface area contributed by atoms with Gasteiger partial charge in [-0.1, -0.05) is 67.0 Å². The van der Waals surface area contributed by atoms with Crippen molar-refractivity contribution in [3.05, 3.63) is 35.3 Å². The Labute approximate surface area is 242 Å². The quantitative estimate of drug-likeness (QED) is 0.224. The maximum Gasteiger partial charge on any atom is 0.387 e. The van der Waals surface area contributed by atoms with E-state index in [4.69, 9.17) is 4.74 Å². The minimum atomic E-state index is -2.85. The van der Waals surface area contributed by atoms with E-state index in [1.807, 2.05) is 46.7 Å². The molecule has 0 saturated carbocycles. The molecule has 1 saturated heterocycles. The summed E-state index contributed by atoms with van der Waals surface area (Å²) in [6.07, 6.45) is 5.13. The van der Waals surface area contributed by atoms with Crippen LogP contribution in [0.2, 0.25) is 6.82 Å². The minimum Gasteiger partial charge on any atom is -0.434 e. The van der Waals surface area contributed by atoms with E-state index in [9.17, 15) is 8.78 Å². The van der Waals surface area contributed by atoms with Crippen LogP contribution >= 0.6 is 11.3 Å². The molecule has 2 heterocycles. The fraction of sp³-hybridized carbons (Fsp3) is 0.677. The number of halogens is 2. The summed E-state index contributed by atoms with van der Waals surface area (Å²) in [6, 6.07) is 6.81. The monoisotopic (exact) mass is 566 g/mol. The molecule has 1 aliphatic heterocycles. The molecule has 39 heavy (non-hydrogen) atoms. The Hall–Kier alpha value is -1.64. The van der Waals surface area contributed by atoms with Crippen LogP contribution in [0, 0.1) is 11.8 Å². The van der Waals surface area contributed by atoms with Gasteiger partial charge in [-0.05, 0) is 43.7 Å². The molecule has 222 valence electrons. The number of rotatable bonds is 9. The van der Waals surface area contributed by atoms with Gasteiger partial charge in [0.15, 0.2) is 0 Å². The Morgan fingerprint density at radius 3 is 2.41 bits per heavy atom. The van der Waals surface area contributed by atoms with Crippen molar-refractivity contribution in [1.29, 1.82) is 0 Å². The van der Waals surface area contributed by atoms with Gasteiger partial charge in [-0.25, -0.2) is 4.98 Å².